The number of hydrogen-bond donors (Lipinski definition) is 0. The zero-order valence-electron chi connectivity index (χ0n) is 22.1. The summed E-state index contributed by atoms with van der Waals surface area (Å²) in [5.74, 6) is 0. The Morgan fingerprint density at radius 3 is 1.08 bits per heavy atom. The Morgan fingerprint density at radius 2 is 0.816 bits per heavy atom. The van der Waals surface area contributed by atoms with E-state index >= 15 is 0 Å². The zero-order valence-corrected chi connectivity index (χ0v) is 23.8. The van der Waals surface area contributed by atoms with Crippen LogP contribution in [0.3, 0.4) is 0 Å². The number of aliphatic imine (C=N–C) groups is 2. The van der Waals surface area contributed by atoms with E-state index in [4.69, 9.17) is 0 Å². The molecule has 8 nitrogen and oxygen atoms in total. The van der Waals surface area contributed by atoms with Crippen molar-refractivity contribution in [3.8, 4) is 0 Å². The lowest BCUT2D eigenvalue weighted by molar-refractivity contribution is 0.444. The normalized spacial score (nSPS) is 12.8. The van der Waals surface area contributed by atoms with Crippen LogP contribution in [0.5, 0.6) is 0 Å². The predicted octanol–water partition coefficient (Wildman–Crippen LogP) is 5.25. The van der Waals surface area contributed by atoms with Crippen molar-refractivity contribution in [1.29, 1.82) is 0 Å². The molecule has 0 aromatic heterocycles. The summed E-state index contributed by atoms with van der Waals surface area (Å²) in [5, 5.41) is 0. The monoisotopic (exact) mass is 554 g/mol. The molecule has 0 unspecified atom stereocenters. The minimum absolute atomic E-state index is 0.254. The molecule has 38 heavy (non-hydrogen) atoms. The van der Waals surface area contributed by atoms with E-state index in [9.17, 15) is 16.8 Å². The molecule has 0 aliphatic heterocycles. The quantitative estimate of drug-likeness (QED) is 0.286. The van der Waals surface area contributed by atoms with E-state index in [1.165, 1.54) is 8.61 Å². The van der Waals surface area contributed by atoms with Crippen molar-refractivity contribution < 1.29 is 16.8 Å². The molecule has 0 aliphatic rings. The topological polar surface area (TPSA) is 99.5 Å². The second kappa shape index (κ2) is 13.1. The highest BCUT2D eigenvalue weighted by molar-refractivity contribution is 7.89. The fourth-order valence-electron chi connectivity index (χ4n) is 3.80. The van der Waals surface area contributed by atoms with Gasteiger partial charge in [-0.25, -0.2) is 16.8 Å². The van der Waals surface area contributed by atoms with Gasteiger partial charge in [-0.1, -0.05) is 52.0 Å². The lowest BCUT2D eigenvalue weighted by Crippen LogP contribution is -2.30. The largest absolute Gasteiger partial charge is 0.256 e. The van der Waals surface area contributed by atoms with Gasteiger partial charge < -0.3 is 0 Å². The molecule has 10 heteroatoms. The lowest BCUT2D eigenvalue weighted by Gasteiger charge is -2.18. The van der Waals surface area contributed by atoms with Crippen LogP contribution in [0.15, 0.2) is 92.6 Å². The second-order valence-electron chi connectivity index (χ2n) is 8.35. The Hall–Kier alpha value is -3.18. The van der Waals surface area contributed by atoms with Crippen molar-refractivity contribution in [2.75, 3.05) is 26.2 Å². The smallest absolute Gasteiger partial charge is 0.243 e. The maximum absolute atomic E-state index is 12.6. The van der Waals surface area contributed by atoms with Gasteiger partial charge in [0.05, 0.1) is 21.2 Å². The summed E-state index contributed by atoms with van der Waals surface area (Å²) >= 11 is 0. The predicted molar refractivity (Wildman–Crippen MR) is 154 cm³/mol. The number of sulfonamides is 2. The van der Waals surface area contributed by atoms with Crippen LogP contribution in [0.1, 0.15) is 38.8 Å². The Bertz CT molecular complexity index is 1340. The fraction of sp³-hybridized carbons (Fsp3) is 0.286. The highest BCUT2D eigenvalue weighted by Gasteiger charge is 2.22. The van der Waals surface area contributed by atoms with Gasteiger partial charge in [0.25, 0.3) is 0 Å². The molecule has 0 radical (unpaired) electrons. The van der Waals surface area contributed by atoms with Crippen LogP contribution in [-0.2, 0) is 20.0 Å². The molecule has 0 N–H and O–H groups in total. The molecule has 0 amide bonds. The highest BCUT2D eigenvalue weighted by atomic mass is 32.2. The number of benzene rings is 3. The molecule has 0 heterocycles. The molecule has 3 aromatic rings. The summed E-state index contributed by atoms with van der Waals surface area (Å²) < 4.78 is 53.3. The molecule has 3 rings (SSSR count). The number of rotatable bonds is 12. The summed E-state index contributed by atoms with van der Waals surface area (Å²) in [6, 6.07) is 20.7. The Balaban J connectivity index is 1.64. The first kappa shape index (κ1) is 29.4. The van der Waals surface area contributed by atoms with Crippen molar-refractivity contribution in [2.24, 2.45) is 9.98 Å². The van der Waals surface area contributed by atoms with E-state index in [1.54, 1.807) is 61.0 Å². The summed E-state index contributed by atoms with van der Waals surface area (Å²) in [5.41, 5.74) is 3.07. The standard InChI is InChI=1S/C28H34N4O4S2/c1-5-31(6-2)37(33,34)27-17-13-25(14-18-27)29-21-23-9-11-24(12-10-23)22-30-26-15-19-28(20-16-26)38(35,36)32(7-3)8-4/h9-22H,5-8H2,1-4H3. The minimum Gasteiger partial charge on any atom is -0.256 e. The van der Waals surface area contributed by atoms with Crippen LogP contribution in [-0.4, -0.2) is 64.1 Å². The summed E-state index contributed by atoms with van der Waals surface area (Å²) in [6.07, 6.45) is 3.42. The van der Waals surface area contributed by atoms with Crippen molar-refractivity contribution in [3.05, 3.63) is 83.9 Å². The first-order chi connectivity index (χ1) is 18.1. The highest BCUT2D eigenvalue weighted by Crippen LogP contribution is 2.21. The van der Waals surface area contributed by atoms with Gasteiger partial charge in [0.2, 0.25) is 20.0 Å². The van der Waals surface area contributed by atoms with Crippen LogP contribution >= 0.6 is 0 Å². The zero-order chi connectivity index (χ0) is 27.8. The average Bonchev–Trinajstić information content (AvgIpc) is 2.93. The minimum atomic E-state index is -3.49. The van der Waals surface area contributed by atoms with Gasteiger partial charge in [0, 0.05) is 38.6 Å². The van der Waals surface area contributed by atoms with Crippen molar-refractivity contribution in [2.45, 2.75) is 37.5 Å². The van der Waals surface area contributed by atoms with Gasteiger partial charge in [-0.2, -0.15) is 8.61 Å². The SMILES string of the molecule is CCN(CC)S(=O)(=O)c1ccc(N=Cc2ccc(C=Nc3ccc(S(=O)(=O)N(CC)CC)cc3)cc2)cc1. The van der Waals surface area contributed by atoms with Gasteiger partial charge in [-0.3, -0.25) is 9.98 Å². The van der Waals surface area contributed by atoms with Gasteiger partial charge in [0.1, 0.15) is 0 Å². The van der Waals surface area contributed by atoms with Crippen LogP contribution in [0, 0.1) is 0 Å². The molecule has 0 fully saturated rings. The van der Waals surface area contributed by atoms with E-state index in [1.807, 2.05) is 52.0 Å². The molecule has 0 atom stereocenters. The third-order valence-corrected chi connectivity index (χ3v) is 10.1. The van der Waals surface area contributed by atoms with Crippen LogP contribution < -0.4 is 0 Å². The second-order valence-corrected chi connectivity index (χ2v) is 12.2. The van der Waals surface area contributed by atoms with Gasteiger partial charge in [0.15, 0.2) is 0 Å². The van der Waals surface area contributed by atoms with Crippen molar-refractivity contribution in [1.82, 2.24) is 8.61 Å². The molecule has 3 aromatic carbocycles. The average molecular weight is 555 g/mol. The summed E-state index contributed by atoms with van der Waals surface area (Å²) in [7, 11) is -6.98. The Morgan fingerprint density at radius 1 is 0.526 bits per heavy atom. The molecule has 0 spiro atoms. The van der Waals surface area contributed by atoms with E-state index < -0.39 is 20.0 Å². The van der Waals surface area contributed by atoms with Crippen LogP contribution in [0.4, 0.5) is 11.4 Å². The third-order valence-electron chi connectivity index (χ3n) is 6.02. The molecule has 0 saturated heterocycles. The molecule has 0 aliphatic carbocycles. The summed E-state index contributed by atoms with van der Waals surface area (Å²) in [6.45, 7) is 8.96. The molecular formula is C28H34N4O4S2. The van der Waals surface area contributed by atoms with E-state index in [2.05, 4.69) is 9.98 Å². The Kier molecular flexibility index (Phi) is 10.1. The summed E-state index contributed by atoms with van der Waals surface area (Å²) in [4.78, 5) is 9.39. The first-order valence-electron chi connectivity index (χ1n) is 12.5. The maximum atomic E-state index is 12.6. The van der Waals surface area contributed by atoms with Crippen LogP contribution in [0.2, 0.25) is 0 Å². The van der Waals surface area contributed by atoms with Gasteiger partial charge >= 0.3 is 0 Å². The van der Waals surface area contributed by atoms with Gasteiger partial charge in [-0.05, 0) is 59.7 Å². The Labute approximate surface area is 226 Å². The van der Waals surface area contributed by atoms with Gasteiger partial charge in [-0.15, -0.1) is 0 Å². The number of nitrogens with zero attached hydrogens (tertiary/aromatic N) is 4. The van der Waals surface area contributed by atoms with Crippen molar-refractivity contribution in [3.63, 3.8) is 0 Å². The number of hydrogen-bond acceptors (Lipinski definition) is 6. The third kappa shape index (κ3) is 7.02. The van der Waals surface area contributed by atoms with E-state index in [-0.39, 0.29) is 9.79 Å². The van der Waals surface area contributed by atoms with E-state index in [0.29, 0.717) is 37.6 Å². The molecule has 0 saturated carbocycles. The molecule has 0 bridgehead atoms. The maximum Gasteiger partial charge on any atom is 0.243 e. The van der Waals surface area contributed by atoms with Crippen LogP contribution in [0.25, 0.3) is 0 Å². The molecular weight excluding hydrogens is 520 g/mol. The van der Waals surface area contributed by atoms with Crippen molar-refractivity contribution >= 4 is 43.9 Å². The lowest BCUT2D eigenvalue weighted by atomic mass is 10.1. The first-order valence-corrected chi connectivity index (χ1v) is 15.4. The molecule has 202 valence electrons. The fourth-order valence-corrected chi connectivity index (χ4v) is 6.72. The van der Waals surface area contributed by atoms with E-state index in [0.717, 1.165) is 11.1 Å².